The van der Waals surface area contributed by atoms with Gasteiger partial charge < -0.3 is 0 Å². The summed E-state index contributed by atoms with van der Waals surface area (Å²) in [5.41, 5.74) is -0.487. The van der Waals surface area contributed by atoms with Crippen LogP contribution < -0.4 is 0 Å². The smallest absolute Gasteiger partial charge is 0.258 e. The van der Waals surface area contributed by atoms with E-state index in [4.69, 9.17) is 18.0 Å². The fraction of sp³-hybridized carbons (Fsp3) is 0.273. The second kappa shape index (κ2) is 6.52. The van der Waals surface area contributed by atoms with Gasteiger partial charge in [0.2, 0.25) is 0 Å². The molecule has 0 atom stereocenters. The minimum atomic E-state index is -4.04. The normalized spacial score (nSPS) is 11.2. The quantitative estimate of drug-likeness (QED) is 0.345. The van der Waals surface area contributed by atoms with E-state index in [-0.39, 0.29) is 23.9 Å². The van der Waals surface area contributed by atoms with E-state index in [1.807, 2.05) is 0 Å². The van der Waals surface area contributed by atoms with Crippen LogP contribution in [0, 0.1) is 22.5 Å². The number of nitro benzene ring substituents is 1. The van der Waals surface area contributed by atoms with Gasteiger partial charge in [-0.1, -0.05) is 18.1 Å². The van der Waals surface area contributed by atoms with Crippen molar-refractivity contribution in [1.29, 1.82) is 0 Å². The molecule has 0 N–H and O–H groups in total. The largest absolute Gasteiger partial charge is 0.289 e. The third kappa shape index (κ3) is 3.44. The first kappa shape index (κ1) is 15.4. The molecule has 0 bridgehead atoms. The van der Waals surface area contributed by atoms with E-state index >= 15 is 0 Å². The van der Waals surface area contributed by atoms with Crippen LogP contribution in [0.2, 0.25) is 0 Å². The number of hydrogen-bond acceptors (Lipinski definition) is 4. The van der Waals surface area contributed by atoms with Crippen molar-refractivity contribution < 1.29 is 13.3 Å². The van der Waals surface area contributed by atoms with Gasteiger partial charge in [0.05, 0.1) is 11.5 Å². The van der Waals surface area contributed by atoms with Crippen LogP contribution >= 0.6 is 11.6 Å². The highest BCUT2D eigenvalue weighted by Gasteiger charge is 2.30. The molecule has 0 aliphatic carbocycles. The maximum absolute atomic E-state index is 12.3. The molecule has 1 aromatic carbocycles. The minimum Gasteiger partial charge on any atom is -0.258 e. The van der Waals surface area contributed by atoms with Crippen molar-refractivity contribution in [3.63, 3.8) is 0 Å². The fourth-order valence-corrected chi connectivity index (χ4v) is 3.26. The topological polar surface area (TPSA) is 80.5 Å². The predicted octanol–water partition coefficient (Wildman–Crippen LogP) is 1.46. The van der Waals surface area contributed by atoms with E-state index in [2.05, 4.69) is 5.92 Å². The summed E-state index contributed by atoms with van der Waals surface area (Å²) in [6.07, 6.45) is 5.10. The summed E-state index contributed by atoms with van der Waals surface area (Å²) >= 11 is 5.52. The Kier molecular flexibility index (Phi) is 5.30. The second-order valence-electron chi connectivity index (χ2n) is 3.46. The zero-order chi connectivity index (χ0) is 14.5. The van der Waals surface area contributed by atoms with Crippen molar-refractivity contribution in [2.24, 2.45) is 0 Å². The van der Waals surface area contributed by atoms with Gasteiger partial charge in [-0.2, -0.15) is 4.31 Å². The Morgan fingerprint density at radius 1 is 1.42 bits per heavy atom. The Bertz CT molecular complexity index is 609. The maximum Gasteiger partial charge on any atom is 0.289 e. The maximum atomic E-state index is 12.3. The van der Waals surface area contributed by atoms with Crippen molar-refractivity contribution >= 4 is 27.3 Å². The van der Waals surface area contributed by atoms with Gasteiger partial charge in [0.25, 0.3) is 15.7 Å². The summed E-state index contributed by atoms with van der Waals surface area (Å²) < 4.78 is 25.5. The van der Waals surface area contributed by atoms with Crippen molar-refractivity contribution in [3.05, 3.63) is 34.4 Å². The number of hydrogen-bond donors (Lipinski definition) is 0. The van der Waals surface area contributed by atoms with Crippen LogP contribution in [0.4, 0.5) is 5.69 Å². The highest BCUT2D eigenvalue weighted by atomic mass is 35.5. The lowest BCUT2D eigenvalue weighted by Gasteiger charge is -2.18. The summed E-state index contributed by atoms with van der Waals surface area (Å²) in [7, 11) is -4.04. The van der Waals surface area contributed by atoms with Crippen molar-refractivity contribution in [1.82, 2.24) is 4.31 Å². The van der Waals surface area contributed by atoms with E-state index in [1.54, 1.807) is 0 Å². The monoisotopic (exact) mass is 302 g/mol. The van der Waals surface area contributed by atoms with E-state index in [0.29, 0.717) is 0 Å². The van der Waals surface area contributed by atoms with Crippen LogP contribution in [-0.2, 0) is 10.0 Å². The summed E-state index contributed by atoms with van der Waals surface area (Å²) in [6.45, 7) is -0.207. The van der Waals surface area contributed by atoms with E-state index in [0.717, 1.165) is 10.4 Å². The molecule has 1 aromatic rings. The van der Waals surface area contributed by atoms with E-state index in [9.17, 15) is 18.5 Å². The van der Waals surface area contributed by atoms with Crippen LogP contribution in [0.3, 0.4) is 0 Å². The molecule has 6 nitrogen and oxygen atoms in total. The lowest BCUT2D eigenvalue weighted by atomic mass is 10.3. The van der Waals surface area contributed by atoms with Crippen molar-refractivity contribution in [2.75, 3.05) is 19.0 Å². The predicted molar refractivity (Wildman–Crippen MR) is 71.4 cm³/mol. The first-order chi connectivity index (χ1) is 8.95. The van der Waals surface area contributed by atoms with Crippen LogP contribution in [-0.4, -0.2) is 36.6 Å². The molecule has 0 heterocycles. The number of para-hydroxylation sites is 1. The highest BCUT2D eigenvalue weighted by molar-refractivity contribution is 7.89. The zero-order valence-corrected chi connectivity index (χ0v) is 11.4. The molecule has 0 amide bonds. The second-order valence-corrected chi connectivity index (χ2v) is 5.74. The van der Waals surface area contributed by atoms with Gasteiger partial charge in [0.1, 0.15) is 0 Å². The Labute approximate surface area is 116 Å². The van der Waals surface area contributed by atoms with Gasteiger partial charge in [0.15, 0.2) is 4.90 Å². The number of sulfonamides is 1. The van der Waals surface area contributed by atoms with Gasteiger partial charge in [-0.3, -0.25) is 10.1 Å². The molecule has 8 heteroatoms. The van der Waals surface area contributed by atoms with Crippen LogP contribution in [0.25, 0.3) is 0 Å². The number of nitrogens with zero attached hydrogens (tertiary/aromatic N) is 2. The molecule has 0 unspecified atom stereocenters. The summed E-state index contributed by atoms with van der Waals surface area (Å²) in [5, 5.41) is 10.9. The summed E-state index contributed by atoms with van der Waals surface area (Å²) in [5.74, 6) is 2.24. The third-order valence-corrected chi connectivity index (χ3v) is 4.34. The van der Waals surface area contributed by atoms with Gasteiger partial charge in [-0.25, -0.2) is 8.42 Å². The molecule has 102 valence electrons. The standard InChI is InChI=1S/C11H11ClN2O4S/c1-2-8-13(9-7-12)19(17,18)11-6-4-3-5-10(11)14(15)16/h1,3-6H,7-9H2. The molecular weight excluding hydrogens is 292 g/mol. The molecular formula is C11H11ClN2O4S. The molecule has 0 fully saturated rings. The molecule has 0 radical (unpaired) electrons. The Morgan fingerprint density at radius 2 is 2.05 bits per heavy atom. The van der Waals surface area contributed by atoms with Gasteiger partial charge in [0, 0.05) is 18.5 Å². The summed E-state index contributed by atoms with van der Waals surface area (Å²) in [6, 6.07) is 5.10. The average Bonchev–Trinajstić information content (AvgIpc) is 2.38. The number of alkyl halides is 1. The lowest BCUT2D eigenvalue weighted by Crippen LogP contribution is -2.33. The molecule has 0 saturated heterocycles. The van der Waals surface area contributed by atoms with Crippen LogP contribution in [0.5, 0.6) is 0 Å². The summed E-state index contributed by atoms with van der Waals surface area (Å²) in [4.78, 5) is 9.73. The number of terminal acetylenes is 1. The first-order valence-corrected chi connectivity index (χ1v) is 7.15. The van der Waals surface area contributed by atoms with Gasteiger partial charge in [-0.05, 0) is 6.07 Å². The van der Waals surface area contributed by atoms with Crippen LogP contribution in [0.1, 0.15) is 0 Å². The van der Waals surface area contributed by atoms with Crippen molar-refractivity contribution in [2.45, 2.75) is 4.90 Å². The number of nitro groups is 1. The Balaban J connectivity index is 3.34. The molecule has 1 rings (SSSR count). The third-order valence-electron chi connectivity index (χ3n) is 2.28. The first-order valence-electron chi connectivity index (χ1n) is 5.18. The number of halogens is 1. The van der Waals surface area contributed by atoms with Crippen molar-refractivity contribution in [3.8, 4) is 12.3 Å². The molecule has 0 saturated carbocycles. The Morgan fingerprint density at radius 3 is 2.58 bits per heavy atom. The van der Waals surface area contributed by atoms with E-state index < -0.39 is 20.6 Å². The lowest BCUT2D eigenvalue weighted by molar-refractivity contribution is -0.387. The van der Waals surface area contributed by atoms with Gasteiger partial charge >= 0.3 is 0 Å². The van der Waals surface area contributed by atoms with E-state index in [1.165, 1.54) is 18.2 Å². The highest BCUT2D eigenvalue weighted by Crippen LogP contribution is 2.25. The molecule has 0 aliphatic heterocycles. The number of benzene rings is 1. The average molecular weight is 303 g/mol. The molecule has 0 aromatic heterocycles. The van der Waals surface area contributed by atoms with Gasteiger partial charge in [-0.15, -0.1) is 18.0 Å². The molecule has 0 spiro atoms. The molecule has 0 aliphatic rings. The van der Waals surface area contributed by atoms with Crippen LogP contribution in [0.15, 0.2) is 29.2 Å². The minimum absolute atomic E-state index is 0.0138. The number of rotatable bonds is 6. The zero-order valence-electron chi connectivity index (χ0n) is 9.82. The SMILES string of the molecule is C#CCN(CCCl)S(=O)(=O)c1ccccc1[N+](=O)[O-]. The molecule has 19 heavy (non-hydrogen) atoms. The fourth-order valence-electron chi connectivity index (χ4n) is 1.45. The Hall–Kier alpha value is -1.62.